The molecule has 0 unspecified atom stereocenters. The fourth-order valence-corrected chi connectivity index (χ4v) is 4.57. The molecular weight excluding hydrogens is 426 g/mol. The van der Waals surface area contributed by atoms with Crippen molar-refractivity contribution < 1.29 is 13.5 Å². The van der Waals surface area contributed by atoms with Crippen molar-refractivity contribution >= 4 is 27.6 Å². The van der Waals surface area contributed by atoms with E-state index in [4.69, 9.17) is 9.72 Å². The largest absolute Gasteiger partial charge is 0.491 e. The molecule has 1 fully saturated rings. The van der Waals surface area contributed by atoms with Crippen LogP contribution in [0.4, 0.5) is 14.6 Å². The highest BCUT2D eigenvalue weighted by molar-refractivity contribution is 5.93. The van der Waals surface area contributed by atoms with Gasteiger partial charge in [-0.1, -0.05) is 18.2 Å². The minimum absolute atomic E-state index is 0.144. The highest BCUT2D eigenvalue weighted by atomic mass is 19.3. The predicted octanol–water partition coefficient (Wildman–Crippen LogP) is 5.08. The lowest BCUT2D eigenvalue weighted by atomic mass is 10.0. The number of ether oxygens (including phenoxy) is 1. The van der Waals surface area contributed by atoms with Crippen molar-refractivity contribution in [1.29, 1.82) is 0 Å². The van der Waals surface area contributed by atoms with Gasteiger partial charge in [0.25, 0.3) is 0 Å². The summed E-state index contributed by atoms with van der Waals surface area (Å²) in [5.74, 6) is -1.98. The first-order valence-corrected chi connectivity index (χ1v) is 11.0. The van der Waals surface area contributed by atoms with Crippen molar-refractivity contribution in [2.24, 2.45) is 0 Å². The van der Waals surface area contributed by atoms with Crippen LogP contribution in [-0.4, -0.2) is 41.1 Å². The number of aromatic amines is 1. The van der Waals surface area contributed by atoms with Gasteiger partial charge in [0.15, 0.2) is 5.75 Å². The number of hydrogen-bond donors (Lipinski definition) is 1. The van der Waals surface area contributed by atoms with Gasteiger partial charge in [0.1, 0.15) is 5.82 Å². The molecule has 0 saturated carbocycles. The minimum atomic E-state index is -2.69. The average Bonchev–Trinajstić information content (AvgIpc) is 2.98. The third-order valence-corrected chi connectivity index (χ3v) is 6.26. The zero-order valence-corrected chi connectivity index (χ0v) is 18.5. The molecule has 6 nitrogen and oxygen atoms in total. The van der Waals surface area contributed by atoms with Crippen molar-refractivity contribution in [3.05, 3.63) is 58.5 Å². The van der Waals surface area contributed by atoms with Crippen LogP contribution in [0.1, 0.15) is 25.0 Å². The second-order valence-electron chi connectivity index (χ2n) is 8.43. The number of para-hydroxylation sites is 1. The summed E-state index contributed by atoms with van der Waals surface area (Å²) in [6.45, 7) is 2.41. The van der Waals surface area contributed by atoms with Crippen molar-refractivity contribution in [2.75, 3.05) is 25.1 Å². The molecule has 0 spiro atoms. The Labute approximate surface area is 189 Å². The van der Waals surface area contributed by atoms with Crippen molar-refractivity contribution in [3.8, 4) is 17.0 Å². The molecule has 3 aromatic heterocycles. The van der Waals surface area contributed by atoms with Gasteiger partial charge in [0.2, 0.25) is 11.4 Å². The first-order chi connectivity index (χ1) is 15.9. The molecule has 170 valence electrons. The van der Waals surface area contributed by atoms with E-state index >= 15 is 0 Å². The molecule has 1 aliphatic heterocycles. The van der Waals surface area contributed by atoms with Crippen LogP contribution in [0.3, 0.4) is 0 Å². The molecule has 8 heteroatoms. The number of aryl methyl sites for hydroxylation is 1. The maximum Gasteiger partial charge on any atom is 0.249 e. The Morgan fingerprint density at radius 3 is 2.79 bits per heavy atom. The monoisotopic (exact) mass is 450 g/mol. The summed E-state index contributed by atoms with van der Waals surface area (Å²) < 4.78 is 33.8. The van der Waals surface area contributed by atoms with E-state index in [9.17, 15) is 13.6 Å². The summed E-state index contributed by atoms with van der Waals surface area (Å²) in [6.07, 6.45) is 1.61. The van der Waals surface area contributed by atoms with Crippen molar-refractivity contribution in [3.63, 3.8) is 0 Å². The standard InChI is InChI=1S/C25H24F2N4O2/c1-15-20-19(8-11-28-15)29-21(23(33-2)22(20)32)17-14-16-6-3-4-7-18(16)30-24(17)31-12-5-9-25(26,27)10-13-31/h3-4,6-8,11,14H,5,9-10,12-13H2,1-2H3,(H,29,32). The quantitative estimate of drug-likeness (QED) is 0.471. The molecule has 0 atom stereocenters. The lowest BCUT2D eigenvalue weighted by molar-refractivity contribution is -0.0102. The van der Waals surface area contributed by atoms with Crippen LogP contribution < -0.4 is 15.1 Å². The second-order valence-corrected chi connectivity index (χ2v) is 8.43. The lowest BCUT2D eigenvalue weighted by Crippen LogP contribution is -2.27. The van der Waals surface area contributed by atoms with Gasteiger partial charge in [-0.05, 0) is 31.5 Å². The number of pyridine rings is 3. The molecule has 1 aromatic carbocycles. The normalized spacial score (nSPS) is 16.2. The Bertz CT molecular complexity index is 1420. The van der Waals surface area contributed by atoms with E-state index in [0.717, 1.165) is 10.9 Å². The molecule has 5 rings (SSSR count). The van der Waals surface area contributed by atoms with E-state index in [2.05, 4.69) is 9.97 Å². The number of aromatic nitrogens is 3. The van der Waals surface area contributed by atoms with Crippen molar-refractivity contribution in [2.45, 2.75) is 32.1 Å². The van der Waals surface area contributed by atoms with Gasteiger partial charge in [0.05, 0.1) is 34.9 Å². The number of anilines is 1. The average molecular weight is 450 g/mol. The number of H-pyrrole nitrogens is 1. The van der Waals surface area contributed by atoms with E-state index in [1.807, 2.05) is 35.2 Å². The molecule has 1 N–H and O–H groups in total. The molecule has 0 amide bonds. The minimum Gasteiger partial charge on any atom is -0.491 e. The van der Waals surface area contributed by atoms with Crippen LogP contribution >= 0.6 is 0 Å². The highest BCUT2D eigenvalue weighted by Gasteiger charge is 2.33. The van der Waals surface area contributed by atoms with Crippen molar-refractivity contribution in [1.82, 2.24) is 15.0 Å². The number of rotatable bonds is 3. The number of methoxy groups -OCH3 is 1. The van der Waals surface area contributed by atoms with Crippen LogP contribution in [0.5, 0.6) is 5.75 Å². The zero-order valence-electron chi connectivity index (χ0n) is 18.5. The second kappa shape index (κ2) is 8.10. The number of fused-ring (bicyclic) bond motifs is 2. The van der Waals surface area contributed by atoms with Crippen LogP contribution in [0.25, 0.3) is 33.1 Å². The first kappa shape index (κ1) is 21.3. The van der Waals surface area contributed by atoms with Crippen LogP contribution in [0.2, 0.25) is 0 Å². The fraction of sp³-hybridized carbons (Fsp3) is 0.320. The summed E-state index contributed by atoms with van der Waals surface area (Å²) in [4.78, 5) is 27.7. The van der Waals surface area contributed by atoms with Gasteiger partial charge in [-0.3, -0.25) is 9.78 Å². The van der Waals surface area contributed by atoms with Gasteiger partial charge >= 0.3 is 0 Å². The number of halogens is 2. The predicted molar refractivity (Wildman–Crippen MR) is 125 cm³/mol. The summed E-state index contributed by atoms with van der Waals surface area (Å²) in [7, 11) is 1.45. The Morgan fingerprint density at radius 1 is 1.15 bits per heavy atom. The SMILES string of the molecule is COc1c(-c2cc3ccccc3nc2N2CCCC(F)(F)CC2)[nH]c2ccnc(C)c2c1=O. The maximum atomic E-state index is 14.1. The molecule has 33 heavy (non-hydrogen) atoms. The van der Waals surface area contributed by atoms with Crippen LogP contribution in [0, 0.1) is 6.92 Å². The molecule has 4 aromatic rings. The van der Waals surface area contributed by atoms with Gasteiger partial charge < -0.3 is 14.6 Å². The molecule has 1 aliphatic rings. The highest BCUT2D eigenvalue weighted by Crippen LogP contribution is 2.38. The first-order valence-electron chi connectivity index (χ1n) is 11.0. The molecule has 0 bridgehead atoms. The third-order valence-electron chi connectivity index (χ3n) is 6.26. The summed E-state index contributed by atoms with van der Waals surface area (Å²) in [5, 5.41) is 1.34. The van der Waals surface area contributed by atoms with Crippen LogP contribution in [-0.2, 0) is 0 Å². The summed E-state index contributed by atoms with van der Waals surface area (Å²) >= 11 is 0. The van der Waals surface area contributed by atoms with Gasteiger partial charge in [-0.2, -0.15) is 0 Å². The maximum absolute atomic E-state index is 14.1. The Kier molecular flexibility index (Phi) is 5.23. The van der Waals surface area contributed by atoms with Crippen LogP contribution in [0.15, 0.2) is 47.4 Å². The van der Waals surface area contributed by atoms with E-state index in [0.29, 0.717) is 46.6 Å². The number of nitrogens with zero attached hydrogens (tertiary/aromatic N) is 3. The van der Waals surface area contributed by atoms with E-state index in [1.54, 1.807) is 19.2 Å². The Hall–Kier alpha value is -3.55. The number of benzene rings is 1. The molecule has 0 radical (unpaired) electrons. The molecular formula is C25H24F2N4O2. The number of nitrogens with one attached hydrogen (secondary N) is 1. The molecule has 4 heterocycles. The van der Waals surface area contributed by atoms with E-state index in [1.165, 1.54) is 7.11 Å². The third kappa shape index (κ3) is 3.79. The van der Waals surface area contributed by atoms with Gasteiger partial charge in [-0.15, -0.1) is 0 Å². The summed E-state index contributed by atoms with van der Waals surface area (Å²) in [6, 6.07) is 11.3. The lowest BCUT2D eigenvalue weighted by Gasteiger charge is -2.25. The molecule has 1 saturated heterocycles. The van der Waals surface area contributed by atoms with Gasteiger partial charge in [-0.25, -0.2) is 13.8 Å². The van der Waals surface area contributed by atoms with E-state index < -0.39 is 5.92 Å². The van der Waals surface area contributed by atoms with E-state index in [-0.39, 0.29) is 30.6 Å². The Morgan fingerprint density at radius 2 is 1.97 bits per heavy atom. The smallest absolute Gasteiger partial charge is 0.249 e. The Balaban J connectivity index is 1.78. The molecule has 0 aliphatic carbocycles. The zero-order chi connectivity index (χ0) is 23.2. The number of alkyl halides is 2. The van der Waals surface area contributed by atoms with Gasteiger partial charge in [0, 0.05) is 43.1 Å². The summed E-state index contributed by atoms with van der Waals surface area (Å²) in [5.41, 5.74) is 2.84. The number of hydrogen-bond acceptors (Lipinski definition) is 5. The topological polar surface area (TPSA) is 71.1 Å². The fourth-order valence-electron chi connectivity index (χ4n) is 4.57.